The van der Waals surface area contributed by atoms with Crippen LogP contribution in [0.15, 0.2) is 30.3 Å². The highest BCUT2D eigenvalue weighted by Gasteiger charge is 2.13. The number of thioether (sulfide) groups is 1. The molecule has 0 N–H and O–H groups in total. The molecule has 0 aliphatic rings. The predicted octanol–water partition coefficient (Wildman–Crippen LogP) is 3.28. The molecule has 0 unspecified atom stereocenters. The molecule has 4 nitrogen and oxygen atoms in total. The summed E-state index contributed by atoms with van der Waals surface area (Å²) in [6.07, 6.45) is 0. The maximum Gasteiger partial charge on any atom is 0.318 e. The van der Waals surface area contributed by atoms with E-state index in [4.69, 9.17) is 4.74 Å². The van der Waals surface area contributed by atoms with E-state index in [1.165, 1.54) is 12.7 Å². The van der Waals surface area contributed by atoms with Crippen LogP contribution in [0.3, 0.4) is 0 Å². The number of rotatable bonds is 5. The van der Waals surface area contributed by atoms with E-state index in [9.17, 15) is 4.79 Å². The molecular formula is C16H20N2O2S. The normalized spacial score (nSPS) is 12.2. The van der Waals surface area contributed by atoms with E-state index in [1.54, 1.807) is 11.8 Å². The maximum absolute atomic E-state index is 11.4. The molecule has 1 heterocycles. The van der Waals surface area contributed by atoms with Gasteiger partial charge in [-0.1, -0.05) is 12.1 Å². The van der Waals surface area contributed by atoms with Crippen molar-refractivity contribution in [1.29, 1.82) is 0 Å². The molecule has 0 saturated heterocycles. The highest BCUT2D eigenvalue weighted by molar-refractivity contribution is 7.99. The van der Waals surface area contributed by atoms with Gasteiger partial charge < -0.3 is 4.74 Å². The van der Waals surface area contributed by atoms with Crippen molar-refractivity contribution in [2.75, 3.05) is 7.11 Å². The summed E-state index contributed by atoms with van der Waals surface area (Å²) in [6, 6.07) is 10.3. The van der Waals surface area contributed by atoms with Crippen molar-refractivity contribution in [3.63, 3.8) is 0 Å². The van der Waals surface area contributed by atoms with Gasteiger partial charge in [-0.3, -0.25) is 4.79 Å². The van der Waals surface area contributed by atoms with Gasteiger partial charge in [0.05, 0.1) is 23.7 Å². The summed E-state index contributed by atoms with van der Waals surface area (Å²) in [5.74, 6) is 0.604. The first-order chi connectivity index (χ1) is 10.0. The van der Waals surface area contributed by atoms with Crippen LogP contribution >= 0.6 is 11.8 Å². The summed E-state index contributed by atoms with van der Waals surface area (Å²) < 4.78 is 6.66. The van der Waals surface area contributed by atoms with Gasteiger partial charge in [0.2, 0.25) is 0 Å². The van der Waals surface area contributed by atoms with Crippen LogP contribution in [0, 0.1) is 13.8 Å². The van der Waals surface area contributed by atoms with Gasteiger partial charge in [0.15, 0.2) is 0 Å². The number of nitrogens with zero attached hydrogens (tertiary/aromatic N) is 2. The lowest BCUT2D eigenvalue weighted by Gasteiger charge is -2.09. The Kier molecular flexibility index (Phi) is 5.07. The number of carbonyl (C=O) groups excluding carboxylic acids is 1. The second-order valence-corrected chi connectivity index (χ2v) is 6.31. The Labute approximate surface area is 129 Å². The second-order valence-electron chi connectivity index (χ2n) is 4.98. The Morgan fingerprint density at radius 3 is 2.52 bits per heavy atom. The van der Waals surface area contributed by atoms with Crippen LogP contribution in [0.25, 0.3) is 5.69 Å². The molecular weight excluding hydrogens is 284 g/mol. The highest BCUT2D eigenvalue weighted by atomic mass is 32.2. The van der Waals surface area contributed by atoms with Gasteiger partial charge in [-0.25, -0.2) is 4.68 Å². The van der Waals surface area contributed by atoms with Crippen molar-refractivity contribution < 1.29 is 9.53 Å². The van der Waals surface area contributed by atoms with E-state index in [0.29, 0.717) is 0 Å². The first kappa shape index (κ1) is 15.6. The zero-order valence-electron chi connectivity index (χ0n) is 12.8. The quantitative estimate of drug-likeness (QED) is 0.795. The van der Waals surface area contributed by atoms with Crippen molar-refractivity contribution in [2.24, 2.45) is 0 Å². The van der Waals surface area contributed by atoms with E-state index in [1.807, 2.05) is 25.5 Å². The van der Waals surface area contributed by atoms with Crippen LogP contribution in [0.5, 0.6) is 0 Å². The largest absolute Gasteiger partial charge is 0.468 e. The fraction of sp³-hybridized carbons (Fsp3) is 0.375. The third-order valence-electron chi connectivity index (χ3n) is 3.22. The molecule has 1 atom stereocenters. The van der Waals surface area contributed by atoms with E-state index < -0.39 is 0 Å². The first-order valence-electron chi connectivity index (χ1n) is 6.83. The molecule has 0 radical (unpaired) electrons. The number of aryl methyl sites for hydroxylation is 2. The molecule has 1 aromatic carbocycles. The fourth-order valence-corrected chi connectivity index (χ4v) is 2.95. The van der Waals surface area contributed by atoms with Crippen LogP contribution < -0.4 is 0 Å². The van der Waals surface area contributed by atoms with Crippen LogP contribution in [0.4, 0.5) is 0 Å². The van der Waals surface area contributed by atoms with Crippen molar-refractivity contribution in [2.45, 2.75) is 31.8 Å². The standard InChI is InChI=1S/C16H20N2O2S/c1-11-9-12(2)18(17-11)15-7-5-14(6-8-15)10-21-13(3)16(19)20-4/h5-9,13H,10H2,1-4H3/t13-/m0/s1. The Hall–Kier alpha value is -1.75. The van der Waals surface area contributed by atoms with Crippen molar-refractivity contribution in [3.05, 3.63) is 47.3 Å². The molecule has 0 bridgehead atoms. The lowest BCUT2D eigenvalue weighted by molar-refractivity contribution is -0.139. The van der Waals surface area contributed by atoms with E-state index >= 15 is 0 Å². The summed E-state index contributed by atoms with van der Waals surface area (Å²) in [4.78, 5) is 11.4. The number of hydrogen-bond acceptors (Lipinski definition) is 4. The molecule has 1 aromatic heterocycles. The lowest BCUT2D eigenvalue weighted by atomic mass is 10.2. The topological polar surface area (TPSA) is 44.1 Å². The summed E-state index contributed by atoms with van der Waals surface area (Å²) in [7, 11) is 1.42. The Morgan fingerprint density at radius 1 is 1.33 bits per heavy atom. The summed E-state index contributed by atoms with van der Waals surface area (Å²) in [5.41, 5.74) is 4.37. The third-order valence-corrected chi connectivity index (χ3v) is 4.42. The van der Waals surface area contributed by atoms with Crippen molar-refractivity contribution >= 4 is 17.7 Å². The number of carbonyl (C=O) groups is 1. The molecule has 21 heavy (non-hydrogen) atoms. The molecule has 112 valence electrons. The zero-order chi connectivity index (χ0) is 15.4. The second kappa shape index (κ2) is 6.80. The van der Waals surface area contributed by atoms with Gasteiger partial charge in [0.1, 0.15) is 0 Å². The van der Waals surface area contributed by atoms with Crippen LogP contribution in [0.1, 0.15) is 23.9 Å². The third kappa shape index (κ3) is 3.88. The van der Waals surface area contributed by atoms with Gasteiger partial charge in [0, 0.05) is 11.4 Å². The number of aromatic nitrogens is 2. The molecule has 5 heteroatoms. The predicted molar refractivity (Wildman–Crippen MR) is 85.8 cm³/mol. The molecule has 2 rings (SSSR count). The van der Waals surface area contributed by atoms with Crippen molar-refractivity contribution in [3.8, 4) is 5.69 Å². The summed E-state index contributed by atoms with van der Waals surface area (Å²) >= 11 is 1.57. The van der Waals surface area contributed by atoms with Crippen LogP contribution in [-0.2, 0) is 15.3 Å². The van der Waals surface area contributed by atoms with Gasteiger partial charge in [-0.05, 0) is 44.5 Å². The minimum Gasteiger partial charge on any atom is -0.468 e. The zero-order valence-corrected chi connectivity index (χ0v) is 13.6. The molecule has 0 aliphatic carbocycles. The Morgan fingerprint density at radius 2 is 2.00 bits per heavy atom. The SMILES string of the molecule is COC(=O)[C@H](C)SCc1ccc(-n2nc(C)cc2C)cc1. The van der Waals surface area contributed by atoms with Crippen LogP contribution in [-0.4, -0.2) is 28.1 Å². The Bertz CT molecular complexity index is 620. The molecule has 0 saturated carbocycles. The first-order valence-corrected chi connectivity index (χ1v) is 7.88. The molecule has 2 aromatic rings. The maximum atomic E-state index is 11.4. The lowest BCUT2D eigenvalue weighted by Crippen LogP contribution is -2.14. The van der Waals surface area contributed by atoms with E-state index in [0.717, 1.165) is 22.8 Å². The molecule has 0 spiro atoms. The average molecular weight is 304 g/mol. The number of esters is 1. The number of methoxy groups -OCH3 is 1. The van der Waals surface area contributed by atoms with Crippen molar-refractivity contribution in [1.82, 2.24) is 9.78 Å². The van der Waals surface area contributed by atoms with Crippen LogP contribution in [0.2, 0.25) is 0 Å². The van der Waals surface area contributed by atoms with Gasteiger partial charge in [-0.2, -0.15) is 5.10 Å². The molecule has 0 fully saturated rings. The highest BCUT2D eigenvalue weighted by Crippen LogP contribution is 2.20. The minimum absolute atomic E-state index is 0.148. The van der Waals surface area contributed by atoms with Gasteiger partial charge >= 0.3 is 5.97 Å². The van der Waals surface area contributed by atoms with Gasteiger partial charge in [-0.15, -0.1) is 11.8 Å². The average Bonchev–Trinajstić information content (AvgIpc) is 2.83. The Balaban J connectivity index is 2.02. The number of hydrogen-bond donors (Lipinski definition) is 0. The summed E-state index contributed by atoms with van der Waals surface area (Å²) in [6.45, 7) is 5.89. The fourth-order valence-electron chi connectivity index (χ4n) is 2.08. The molecule has 0 aliphatic heterocycles. The number of ether oxygens (including phenoxy) is 1. The number of benzene rings is 1. The summed E-state index contributed by atoms with van der Waals surface area (Å²) in [5, 5.41) is 4.32. The minimum atomic E-state index is -0.181. The molecule has 0 amide bonds. The van der Waals surface area contributed by atoms with Gasteiger partial charge in [0.25, 0.3) is 0 Å². The monoisotopic (exact) mass is 304 g/mol. The smallest absolute Gasteiger partial charge is 0.318 e. The van der Waals surface area contributed by atoms with E-state index in [-0.39, 0.29) is 11.2 Å². The van der Waals surface area contributed by atoms with E-state index in [2.05, 4.69) is 35.4 Å².